The number of halogens is 2. The number of rotatable bonds is 4. The van der Waals surface area contributed by atoms with Gasteiger partial charge in [-0.1, -0.05) is 36.4 Å². The first-order valence-electron chi connectivity index (χ1n) is 11.8. The molecule has 1 aromatic rings. The van der Waals surface area contributed by atoms with Gasteiger partial charge in [0.25, 0.3) is 11.8 Å². The molecule has 2 amide bonds. The number of fused-ring (bicyclic) bond motifs is 3. The van der Waals surface area contributed by atoms with E-state index in [0.717, 1.165) is 12.8 Å². The molecule has 2 aliphatic heterocycles. The predicted molar refractivity (Wildman–Crippen MR) is 122 cm³/mol. The summed E-state index contributed by atoms with van der Waals surface area (Å²) in [6.45, 7) is 2.18. The third kappa shape index (κ3) is 3.86. The molecule has 186 valence electrons. The summed E-state index contributed by atoms with van der Waals surface area (Å²) in [4.78, 5) is 39.6. The number of nitrogens with zero attached hydrogens (tertiary/aromatic N) is 1. The van der Waals surface area contributed by atoms with Crippen molar-refractivity contribution in [3.63, 3.8) is 0 Å². The van der Waals surface area contributed by atoms with Gasteiger partial charge >= 0.3 is 5.97 Å². The number of hydrogen-bond donors (Lipinski definition) is 1. The van der Waals surface area contributed by atoms with Crippen LogP contribution >= 0.6 is 0 Å². The number of hydrogen-bond acceptors (Lipinski definition) is 5. The Morgan fingerprint density at radius 1 is 1.29 bits per heavy atom. The van der Waals surface area contributed by atoms with Gasteiger partial charge in [0.15, 0.2) is 0 Å². The van der Waals surface area contributed by atoms with E-state index in [1.54, 1.807) is 31.2 Å². The summed E-state index contributed by atoms with van der Waals surface area (Å²) < 4.78 is 40.9. The number of benzene rings is 1. The molecule has 7 nitrogen and oxygen atoms in total. The van der Waals surface area contributed by atoms with Crippen LogP contribution in [-0.4, -0.2) is 61.1 Å². The molecule has 2 fully saturated rings. The molecule has 0 bridgehead atoms. The minimum atomic E-state index is -3.02. The van der Waals surface area contributed by atoms with Gasteiger partial charge in [0, 0.05) is 30.1 Å². The average molecular weight is 487 g/mol. The van der Waals surface area contributed by atoms with Crippen molar-refractivity contribution in [2.45, 2.75) is 49.7 Å². The first-order chi connectivity index (χ1) is 16.7. The Balaban J connectivity index is 1.28. The fourth-order valence-corrected chi connectivity index (χ4v) is 6.01. The van der Waals surface area contributed by atoms with E-state index in [1.807, 2.05) is 0 Å². The van der Waals surface area contributed by atoms with Crippen molar-refractivity contribution in [1.29, 1.82) is 0 Å². The normalized spacial score (nSPS) is 30.1. The monoisotopic (exact) mass is 486 g/mol. The van der Waals surface area contributed by atoms with E-state index in [2.05, 4.69) is 5.32 Å². The van der Waals surface area contributed by atoms with Crippen LogP contribution in [0.15, 0.2) is 42.0 Å². The Hall–Kier alpha value is -3.07. The summed E-state index contributed by atoms with van der Waals surface area (Å²) in [7, 11) is 1.27. The lowest BCUT2D eigenvalue weighted by Gasteiger charge is -2.25. The van der Waals surface area contributed by atoms with Crippen LogP contribution in [0.1, 0.15) is 41.9 Å². The van der Waals surface area contributed by atoms with Crippen LogP contribution in [0.5, 0.6) is 0 Å². The Morgan fingerprint density at radius 2 is 2.09 bits per heavy atom. The first-order valence-corrected chi connectivity index (χ1v) is 11.8. The maximum Gasteiger partial charge on any atom is 0.328 e. The lowest BCUT2D eigenvalue weighted by molar-refractivity contribution is -0.150. The SMILES string of the molecule is COC(=O)[C@@H]1CC2(CCCO2)CN1C(=O)CNC(=O)C1=CC2c3cccc(C)c3C(F)(F)C2C=C1. The van der Waals surface area contributed by atoms with Gasteiger partial charge in [-0.05, 0) is 30.9 Å². The van der Waals surface area contributed by atoms with Crippen LogP contribution < -0.4 is 5.32 Å². The molecule has 2 saturated heterocycles. The largest absolute Gasteiger partial charge is 0.467 e. The van der Waals surface area contributed by atoms with Gasteiger partial charge in [-0.2, -0.15) is 0 Å². The molecule has 0 aromatic heterocycles. The Labute approximate surface area is 202 Å². The van der Waals surface area contributed by atoms with Gasteiger partial charge < -0.3 is 19.7 Å². The molecule has 3 unspecified atom stereocenters. The molecule has 2 aliphatic carbocycles. The Bertz CT molecular complexity index is 1140. The molecule has 5 rings (SSSR count). The highest BCUT2D eigenvalue weighted by Crippen LogP contribution is 2.56. The number of likely N-dealkylation sites (tertiary alicyclic amines) is 1. The van der Waals surface area contributed by atoms with Gasteiger partial charge in [0.2, 0.25) is 5.91 Å². The number of methoxy groups -OCH3 is 1. The van der Waals surface area contributed by atoms with Gasteiger partial charge in [-0.25, -0.2) is 13.6 Å². The van der Waals surface area contributed by atoms with Crippen molar-refractivity contribution >= 4 is 17.8 Å². The zero-order chi connectivity index (χ0) is 25.0. The lowest BCUT2D eigenvalue weighted by Crippen LogP contribution is -2.46. The molecule has 1 N–H and O–H groups in total. The van der Waals surface area contributed by atoms with Crippen molar-refractivity contribution in [3.8, 4) is 0 Å². The molecule has 1 spiro atoms. The van der Waals surface area contributed by atoms with Gasteiger partial charge in [-0.3, -0.25) is 9.59 Å². The Kier molecular flexibility index (Phi) is 5.78. The fourth-order valence-electron chi connectivity index (χ4n) is 6.01. The minimum Gasteiger partial charge on any atom is -0.467 e. The molecule has 35 heavy (non-hydrogen) atoms. The number of esters is 1. The number of amides is 2. The van der Waals surface area contributed by atoms with Gasteiger partial charge in [0.05, 0.1) is 31.7 Å². The lowest BCUT2D eigenvalue weighted by atomic mass is 9.85. The molecule has 4 aliphatic rings. The van der Waals surface area contributed by atoms with Crippen LogP contribution in [0.4, 0.5) is 8.78 Å². The summed E-state index contributed by atoms with van der Waals surface area (Å²) in [5.41, 5.74) is 0.742. The summed E-state index contributed by atoms with van der Waals surface area (Å²) in [6.07, 6.45) is 6.31. The van der Waals surface area contributed by atoms with Gasteiger partial charge in [-0.15, -0.1) is 0 Å². The molecule has 2 heterocycles. The third-order valence-corrected chi connectivity index (χ3v) is 7.69. The van der Waals surface area contributed by atoms with Gasteiger partial charge in [0.1, 0.15) is 6.04 Å². The van der Waals surface area contributed by atoms with Crippen molar-refractivity contribution < 1.29 is 32.6 Å². The second-order valence-corrected chi connectivity index (χ2v) is 9.78. The zero-order valence-electron chi connectivity index (χ0n) is 19.7. The van der Waals surface area contributed by atoms with Crippen LogP contribution in [0.2, 0.25) is 0 Å². The van der Waals surface area contributed by atoms with E-state index in [1.165, 1.54) is 24.2 Å². The summed E-state index contributed by atoms with van der Waals surface area (Å²) in [5.74, 6) is -6.16. The standard InChI is InChI=1S/C26H28F2N2O5/c1-15-5-3-6-17-18-11-16(7-8-19(18)26(27,28)22(15)17)23(32)29-13-21(31)30-14-25(9-4-10-35-25)12-20(30)24(33)34-2/h3,5-8,11,18-20H,4,9-10,12-14H2,1-2H3,(H,29,32)/t18?,19?,20-,25?/m0/s1. The topological polar surface area (TPSA) is 84.9 Å². The van der Waals surface area contributed by atoms with Crippen molar-refractivity contribution in [3.05, 3.63) is 58.7 Å². The first kappa shape index (κ1) is 23.7. The summed E-state index contributed by atoms with van der Waals surface area (Å²) in [5, 5.41) is 2.59. The highest BCUT2D eigenvalue weighted by molar-refractivity contribution is 5.99. The molecule has 0 saturated carbocycles. The minimum absolute atomic E-state index is 0.0266. The summed E-state index contributed by atoms with van der Waals surface area (Å²) in [6, 6.07) is 4.32. The second kappa shape index (κ2) is 8.55. The predicted octanol–water partition coefficient (Wildman–Crippen LogP) is 2.74. The summed E-state index contributed by atoms with van der Waals surface area (Å²) >= 11 is 0. The number of allylic oxidation sites excluding steroid dienone is 2. The van der Waals surface area contributed by atoms with Crippen molar-refractivity contribution in [1.82, 2.24) is 10.2 Å². The molecule has 4 atom stereocenters. The quantitative estimate of drug-likeness (QED) is 0.662. The van der Waals surface area contributed by atoms with E-state index >= 15 is 8.78 Å². The highest BCUT2D eigenvalue weighted by atomic mass is 19.3. The number of nitrogens with one attached hydrogen (secondary N) is 1. The zero-order valence-corrected chi connectivity index (χ0v) is 19.7. The Morgan fingerprint density at radius 3 is 2.80 bits per heavy atom. The molecule has 1 aromatic carbocycles. The van der Waals surface area contributed by atoms with Crippen molar-refractivity contribution in [2.24, 2.45) is 5.92 Å². The van der Waals surface area contributed by atoms with Crippen molar-refractivity contribution in [2.75, 3.05) is 26.8 Å². The number of alkyl halides is 2. The second-order valence-electron chi connectivity index (χ2n) is 9.78. The van der Waals surface area contributed by atoms with Crippen LogP contribution in [0.25, 0.3) is 0 Å². The molecular weight excluding hydrogens is 458 g/mol. The van der Waals surface area contributed by atoms with E-state index < -0.39 is 47.2 Å². The van der Waals surface area contributed by atoms with E-state index in [0.29, 0.717) is 24.2 Å². The van der Waals surface area contributed by atoms with Crippen LogP contribution in [0.3, 0.4) is 0 Å². The number of carbonyl (C=O) groups excluding carboxylic acids is 3. The molecular formula is C26H28F2N2O5. The van der Waals surface area contributed by atoms with Crippen LogP contribution in [-0.2, 0) is 29.8 Å². The number of carbonyl (C=O) groups is 3. The third-order valence-electron chi connectivity index (χ3n) is 7.69. The maximum atomic E-state index is 15.1. The average Bonchev–Trinajstić information content (AvgIpc) is 3.53. The fraction of sp³-hybridized carbons (Fsp3) is 0.500. The molecule has 9 heteroatoms. The highest BCUT2D eigenvalue weighted by Gasteiger charge is 2.54. The van der Waals surface area contributed by atoms with E-state index in [-0.39, 0.29) is 24.2 Å². The smallest absolute Gasteiger partial charge is 0.328 e. The maximum absolute atomic E-state index is 15.1. The molecule has 0 radical (unpaired) electrons. The van der Waals surface area contributed by atoms with E-state index in [9.17, 15) is 14.4 Å². The number of aryl methyl sites for hydroxylation is 1. The van der Waals surface area contributed by atoms with E-state index in [4.69, 9.17) is 9.47 Å². The van der Waals surface area contributed by atoms with Crippen LogP contribution in [0, 0.1) is 12.8 Å². The number of ether oxygens (including phenoxy) is 2.